The standard InChI is InChI=1S/C12H22ClNO/c13-8-11(15)9-14-7-3-5-10-4-1-2-6-12(10)14/h10-12,15H,1-9H2/t10-,11?,12-/m1/s1. The highest BCUT2D eigenvalue weighted by Gasteiger charge is 2.33. The highest BCUT2D eigenvalue weighted by Crippen LogP contribution is 2.35. The van der Waals surface area contributed by atoms with Crippen molar-refractivity contribution in [1.29, 1.82) is 0 Å². The molecule has 0 amide bonds. The molecule has 0 aromatic rings. The van der Waals surface area contributed by atoms with E-state index in [9.17, 15) is 5.11 Å². The molecule has 1 saturated carbocycles. The maximum atomic E-state index is 9.63. The summed E-state index contributed by atoms with van der Waals surface area (Å²) in [5.41, 5.74) is 0. The van der Waals surface area contributed by atoms with Crippen LogP contribution in [0.25, 0.3) is 0 Å². The van der Waals surface area contributed by atoms with Crippen LogP contribution in [0.4, 0.5) is 0 Å². The third kappa shape index (κ3) is 2.86. The van der Waals surface area contributed by atoms with Gasteiger partial charge >= 0.3 is 0 Å². The smallest absolute Gasteiger partial charge is 0.0802 e. The van der Waals surface area contributed by atoms with Gasteiger partial charge in [0.05, 0.1) is 6.10 Å². The number of fused-ring (bicyclic) bond motifs is 1. The largest absolute Gasteiger partial charge is 0.391 e. The van der Waals surface area contributed by atoms with E-state index in [2.05, 4.69) is 4.90 Å². The van der Waals surface area contributed by atoms with Crippen LogP contribution in [0.2, 0.25) is 0 Å². The molecule has 1 unspecified atom stereocenters. The Morgan fingerprint density at radius 2 is 1.93 bits per heavy atom. The molecule has 3 heteroatoms. The number of rotatable bonds is 3. The van der Waals surface area contributed by atoms with Gasteiger partial charge in [-0.05, 0) is 38.1 Å². The van der Waals surface area contributed by atoms with Crippen LogP contribution in [0.15, 0.2) is 0 Å². The molecule has 2 fully saturated rings. The fourth-order valence-corrected chi connectivity index (χ4v) is 3.37. The monoisotopic (exact) mass is 231 g/mol. The predicted octanol–water partition coefficient (Wildman–Crippen LogP) is 2.24. The highest BCUT2D eigenvalue weighted by atomic mass is 35.5. The lowest BCUT2D eigenvalue weighted by molar-refractivity contribution is 0.0270. The first kappa shape index (κ1) is 11.7. The molecule has 1 N–H and O–H groups in total. The van der Waals surface area contributed by atoms with Crippen LogP contribution < -0.4 is 0 Å². The first-order valence-corrected chi connectivity index (χ1v) is 6.83. The van der Waals surface area contributed by atoms with Crippen LogP contribution in [-0.4, -0.2) is 41.1 Å². The Morgan fingerprint density at radius 1 is 1.20 bits per heavy atom. The maximum absolute atomic E-state index is 9.63. The molecule has 3 atom stereocenters. The molecule has 0 aromatic heterocycles. The van der Waals surface area contributed by atoms with E-state index in [1.54, 1.807) is 0 Å². The number of β-amino-alcohol motifs (C(OH)–C–C–N with tert-alkyl or cyclic N) is 1. The van der Waals surface area contributed by atoms with Gasteiger partial charge in [-0.3, -0.25) is 4.90 Å². The first-order valence-electron chi connectivity index (χ1n) is 6.29. The topological polar surface area (TPSA) is 23.5 Å². The number of alkyl halides is 1. The van der Waals surface area contributed by atoms with Crippen molar-refractivity contribution in [1.82, 2.24) is 4.90 Å². The molecule has 0 spiro atoms. The maximum Gasteiger partial charge on any atom is 0.0802 e. The number of aliphatic hydroxyl groups excluding tert-OH is 1. The molecular weight excluding hydrogens is 210 g/mol. The summed E-state index contributed by atoms with van der Waals surface area (Å²) in [6, 6.07) is 0.741. The molecule has 0 bridgehead atoms. The van der Waals surface area contributed by atoms with Crippen LogP contribution >= 0.6 is 11.6 Å². The Kier molecular flexibility index (Phi) is 4.30. The molecule has 2 nitrogen and oxygen atoms in total. The second-order valence-electron chi connectivity index (χ2n) is 5.06. The van der Waals surface area contributed by atoms with Gasteiger partial charge in [-0.25, -0.2) is 0 Å². The molecule has 1 aliphatic heterocycles. The number of nitrogens with zero attached hydrogens (tertiary/aromatic N) is 1. The lowest BCUT2D eigenvalue weighted by Gasteiger charge is -2.44. The highest BCUT2D eigenvalue weighted by molar-refractivity contribution is 6.18. The average Bonchev–Trinajstić information content (AvgIpc) is 2.29. The van der Waals surface area contributed by atoms with Gasteiger partial charge in [-0.1, -0.05) is 12.8 Å². The molecular formula is C12H22ClNO. The van der Waals surface area contributed by atoms with Crippen molar-refractivity contribution < 1.29 is 5.11 Å². The van der Waals surface area contributed by atoms with E-state index < -0.39 is 0 Å². The van der Waals surface area contributed by atoms with Gasteiger partial charge in [0.15, 0.2) is 0 Å². The van der Waals surface area contributed by atoms with Gasteiger partial charge in [0.1, 0.15) is 0 Å². The van der Waals surface area contributed by atoms with Gasteiger partial charge in [0.25, 0.3) is 0 Å². The Hall–Kier alpha value is 0.210. The van der Waals surface area contributed by atoms with Crippen LogP contribution in [0.1, 0.15) is 38.5 Å². The zero-order valence-electron chi connectivity index (χ0n) is 9.37. The fraction of sp³-hybridized carbons (Fsp3) is 1.00. The van der Waals surface area contributed by atoms with Crippen molar-refractivity contribution in [3.05, 3.63) is 0 Å². The summed E-state index contributed by atoms with van der Waals surface area (Å²) < 4.78 is 0. The molecule has 1 heterocycles. The van der Waals surface area contributed by atoms with Gasteiger partial charge in [0, 0.05) is 18.5 Å². The summed E-state index contributed by atoms with van der Waals surface area (Å²) >= 11 is 5.67. The molecule has 2 aliphatic rings. The van der Waals surface area contributed by atoms with Gasteiger partial charge < -0.3 is 5.11 Å². The summed E-state index contributed by atoms with van der Waals surface area (Å²) in [4.78, 5) is 2.49. The zero-order chi connectivity index (χ0) is 10.7. The lowest BCUT2D eigenvalue weighted by atomic mass is 9.78. The Labute approximate surface area is 97.6 Å². The van der Waals surface area contributed by atoms with Crippen molar-refractivity contribution in [2.45, 2.75) is 50.7 Å². The molecule has 1 aliphatic carbocycles. The number of hydrogen-bond donors (Lipinski definition) is 1. The van der Waals surface area contributed by atoms with Gasteiger partial charge in [-0.15, -0.1) is 11.6 Å². The Bertz CT molecular complexity index is 198. The van der Waals surface area contributed by atoms with Crippen molar-refractivity contribution in [2.75, 3.05) is 19.0 Å². The van der Waals surface area contributed by atoms with Crippen molar-refractivity contribution in [3.63, 3.8) is 0 Å². The lowest BCUT2D eigenvalue weighted by Crippen LogP contribution is -2.49. The number of aliphatic hydroxyl groups is 1. The molecule has 1 saturated heterocycles. The number of piperidine rings is 1. The Balaban J connectivity index is 1.91. The van der Waals surface area contributed by atoms with Crippen LogP contribution in [0.3, 0.4) is 0 Å². The van der Waals surface area contributed by atoms with Crippen molar-refractivity contribution in [2.24, 2.45) is 5.92 Å². The number of likely N-dealkylation sites (tertiary alicyclic amines) is 1. The normalized spacial score (nSPS) is 34.8. The van der Waals surface area contributed by atoms with E-state index in [0.29, 0.717) is 5.88 Å². The van der Waals surface area contributed by atoms with Gasteiger partial charge in [0.2, 0.25) is 0 Å². The minimum absolute atomic E-state index is 0.340. The molecule has 0 radical (unpaired) electrons. The van der Waals surface area contributed by atoms with E-state index in [-0.39, 0.29) is 6.10 Å². The van der Waals surface area contributed by atoms with E-state index in [0.717, 1.165) is 25.0 Å². The minimum Gasteiger partial charge on any atom is -0.391 e. The van der Waals surface area contributed by atoms with Crippen molar-refractivity contribution in [3.8, 4) is 0 Å². The summed E-state index contributed by atoms with van der Waals surface area (Å²) in [6.07, 6.45) is 7.88. The quantitative estimate of drug-likeness (QED) is 0.754. The van der Waals surface area contributed by atoms with Crippen LogP contribution in [-0.2, 0) is 0 Å². The summed E-state index contributed by atoms with van der Waals surface area (Å²) in [6.45, 7) is 1.94. The van der Waals surface area contributed by atoms with E-state index >= 15 is 0 Å². The summed E-state index contributed by atoms with van der Waals surface area (Å²) in [7, 11) is 0. The fourth-order valence-electron chi connectivity index (χ4n) is 3.27. The SMILES string of the molecule is OC(CCl)CN1CCC[C@H]2CCCC[C@H]21. The third-order valence-electron chi connectivity index (χ3n) is 3.98. The molecule has 15 heavy (non-hydrogen) atoms. The van der Waals surface area contributed by atoms with E-state index in [1.807, 2.05) is 0 Å². The number of hydrogen-bond acceptors (Lipinski definition) is 2. The summed E-state index contributed by atoms with van der Waals surface area (Å²) in [5.74, 6) is 1.27. The second-order valence-corrected chi connectivity index (χ2v) is 5.37. The Morgan fingerprint density at radius 3 is 2.73 bits per heavy atom. The number of halogens is 1. The minimum atomic E-state index is -0.340. The second kappa shape index (κ2) is 5.51. The molecule has 2 rings (SSSR count). The molecule has 0 aromatic carbocycles. The summed E-state index contributed by atoms with van der Waals surface area (Å²) in [5, 5.41) is 9.63. The first-order chi connectivity index (χ1) is 7.31. The van der Waals surface area contributed by atoms with E-state index in [4.69, 9.17) is 11.6 Å². The molecule has 88 valence electrons. The third-order valence-corrected chi connectivity index (χ3v) is 4.34. The van der Waals surface area contributed by atoms with E-state index in [1.165, 1.54) is 38.5 Å². The van der Waals surface area contributed by atoms with Gasteiger partial charge in [-0.2, -0.15) is 0 Å². The van der Waals surface area contributed by atoms with Crippen LogP contribution in [0, 0.1) is 5.92 Å². The predicted molar refractivity (Wildman–Crippen MR) is 63.3 cm³/mol. The van der Waals surface area contributed by atoms with Crippen LogP contribution in [0.5, 0.6) is 0 Å². The zero-order valence-corrected chi connectivity index (χ0v) is 10.1. The average molecular weight is 232 g/mol. The van der Waals surface area contributed by atoms with Crippen molar-refractivity contribution >= 4 is 11.6 Å².